The van der Waals surface area contributed by atoms with E-state index in [1.54, 1.807) is 0 Å². The summed E-state index contributed by atoms with van der Waals surface area (Å²) in [5, 5.41) is 4.09. The topological polar surface area (TPSA) is 15.8 Å². The Morgan fingerprint density at radius 3 is 1.65 bits per heavy atom. The molecule has 40 heavy (non-hydrogen) atoms. The molecule has 0 unspecified atom stereocenters. The van der Waals surface area contributed by atoms with Gasteiger partial charge in [-0.2, -0.15) is 0 Å². The average molecular weight is 558 g/mol. The van der Waals surface area contributed by atoms with Gasteiger partial charge in [0.15, 0.2) is 0 Å². The van der Waals surface area contributed by atoms with Gasteiger partial charge in [0, 0.05) is 31.9 Å². The van der Waals surface area contributed by atoms with Gasteiger partial charge >= 0.3 is 0 Å². The number of rotatable bonds is 0. The molecule has 5 rings (SSSR count). The fraction of sp³-hybridized carbons (Fsp3) is 0.474. The Morgan fingerprint density at radius 2 is 1.10 bits per heavy atom. The van der Waals surface area contributed by atoms with Gasteiger partial charge in [0.2, 0.25) is 0 Å². The number of fused-ring (bicyclic) bond motifs is 4. The lowest BCUT2D eigenvalue weighted by atomic mass is 9.86. The van der Waals surface area contributed by atoms with Gasteiger partial charge in [-0.1, -0.05) is 139 Å². The monoisotopic (exact) mass is 557 g/mol. The first-order valence-electron chi connectivity index (χ1n) is 14.6. The summed E-state index contributed by atoms with van der Waals surface area (Å²) in [6.45, 7) is 31.1. The summed E-state index contributed by atoms with van der Waals surface area (Å²) in [5.41, 5.74) is 5.51. The van der Waals surface area contributed by atoms with Gasteiger partial charge in [-0.15, -0.1) is 11.3 Å². The first-order valence-corrected chi connectivity index (χ1v) is 15.4. The van der Waals surface area contributed by atoms with Crippen LogP contribution < -0.4 is 0 Å². The van der Waals surface area contributed by atoms with E-state index in [-0.39, 0.29) is 10.8 Å². The Morgan fingerprint density at radius 1 is 0.550 bits per heavy atom. The predicted octanol–water partition coefficient (Wildman–Crippen LogP) is 12.9. The minimum absolute atomic E-state index is 0.209. The second-order valence-corrected chi connectivity index (χ2v) is 17.1. The molecule has 5 aromatic rings. The Kier molecular flexibility index (Phi) is 10.9. The quantitative estimate of drug-likeness (QED) is 0.195. The number of thiophene rings is 1. The van der Waals surface area contributed by atoms with Crippen molar-refractivity contribution in [3.05, 3.63) is 84.1 Å². The molecule has 2 heteroatoms. The molecule has 0 saturated carbocycles. The molecule has 2 aromatic heterocycles. The predicted molar refractivity (Wildman–Crippen MR) is 185 cm³/mol. The number of nitrogens with one attached hydrogen (secondary N) is 1. The number of benzene rings is 3. The smallest absolute Gasteiger partial charge is 0.0454 e. The third kappa shape index (κ3) is 11.1. The highest BCUT2D eigenvalue weighted by molar-refractivity contribution is 7.26. The number of aromatic nitrogens is 1. The van der Waals surface area contributed by atoms with Crippen molar-refractivity contribution in [1.82, 2.24) is 4.98 Å². The summed E-state index contributed by atoms with van der Waals surface area (Å²) < 4.78 is 2.83. The summed E-state index contributed by atoms with van der Waals surface area (Å²) >= 11 is 1.92. The van der Waals surface area contributed by atoms with E-state index < -0.39 is 0 Å². The normalized spacial score (nSPS) is 12.2. The van der Waals surface area contributed by atoms with E-state index in [2.05, 4.69) is 169 Å². The fourth-order valence-corrected chi connectivity index (χ4v) is 5.28. The molecule has 0 aliphatic rings. The summed E-state index contributed by atoms with van der Waals surface area (Å²) in [7, 11) is 0. The summed E-state index contributed by atoms with van der Waals surface area (Å²) in [6.07, 6.45) is 1.98. The number of hydrogen-bond donors (Lipinski definition) is 1. The van der Waals surface area contributed by atoms with Gasteiger partial charge in [-0.05, 0) is 62.4 Å². The molecule has 0 spiro atoms. The van der Waals surface area contributed by atoms with Crippen molar-refractivity contribution in [1.29, 1.82) is 0 Å². The molecule has 2 heterocycles. The van der Waals surface area contributed by atoms with Gasteiger partial charge in [0.05, 0.1) is 0 Å². The first-order chi connectivity index (χ1) is 18.1. The van der Waals surface area contributed by atoms with E-state index in [1.807, 2.05) is 17.5 Å². The van der Waals surface area contributed by atoms with E-state index in [0.717, 1.165) is 0 Å². The van der Waals surface area contributed by atoms with Crippen molar-refractivity contribution >= 4 is 42.4 Å². The Bertz CT molecular complexity index is 1460. The molecule has 0 amide bonds. The van der Waals surface area contributed by atoms with Crippen molar-refractivity contribution in [3.8, 4) is 0 Å². The van der Waals surface area contributed by atoms with Crippen LogP contribution >= 0.6 is 11.3 Å². The minimum Gasteiger partial charge on any atom is -0.361 e. The minimum atomic E-state index is 0.209. The van der Waals surface area contributed by atoms with Gasteiger partial charge in [0.25, 0.3) is 0 Å². The molecule has 1 N–H and O–H groups in total. The van der Waals surface area contributed by atoms with Crippen LogP contribution in [0.5, 0.6) is 0 Å². The highest BCUT2D eigenvalue weighted by Gasteiger charge is 2.18. The zero-order chi connectivity index (χ0) is 30.5. The molecule has 218 valence electrons. The first kappa shape index (κ1) is 33.6. The molecule has 3 aromatic carbocycles. The summed E-state index contributed by atoms with van der Waals surface area (Å²) in [5.74, 6) is 0. The lowest BCUT2D eigenvalue weighted by molar-refractivity contribution is 0.469. The molecule has 0 aliphatic heterocycles. The van der Waals surface area contributed by atoms with Crippen molar-refractivity contribution in [3.63, 3.8) is 0 Å². The Balaban J connectivity index is 0.000000215. The lowest BCUT2D eigenvalue weighted by Crippen LogP contribution is -2.10. The van der Waals surface area contributed by atoms with Crippen LogP contribution in [-0.2, 0) is 10.8 Å². The molecule has 0 bridgehead atoms. The van der Waals surface area contributed by atoms with E-state index >= 15 is 0 Å². The van der Waals surface area contributed by atoms with Crippen LogP contribution in [0, 0.1) is 10.8 Å². The standard InChI is InChI=1S/C16H16S.C12H15N.2C5H12/c1-16(2,3)13-9-6-8-12-11-7-4-5-10-14(11)17-15(12)13;1-12(2,3)10-4-5-11-9(8-10)6-7-13-11;2*1-5(2,3)4/h4-10H,1-3H3;4-8,13H,1-3H3;2*1-4H3. The van der Waals surface area contributed by atoms with Crippen LogP contribution in [0.15, 0.2) is 72.9 Å². The Hall–Kier alpha value is -2.58. The highest BCUT2D eigenvalue weighted by Crippen LogP contribution is 2.39. The third-order valence-electron chi connectivity index (χ3n) is 5.63. The van der Waals surface area contributed by atoms with E-state index in [4.69, 9.17) is 0 Å². The largest absolute Gasteiger partial charge is 0.361 e. The van der Waals surface area contributed by atoms with Gasteiger partial charge < -0.3 is 4.98 Å². The SMILES string of the molecule is CC(C)(C)C.CC(C)(C)C.CC(C)(C)c1ccc2[nH]ccc2c1.CC(C)(C)c1cccc2c1sc1ccccc12. The molecule has 0 saturated heterocycles. The highest BCUT2D eigenvalue weighted by atomic mass is 32.1. The molecular weight excluding hydrogens is 502 g/mol. The molecule has 0 aliphatic carbocycles. The third-order valence-corrected chi connectivity index (χ3v) is 6.85. The molecular formula is C38H55NS. The molecule has 0 radical (unpaired) electrons. The van der Waals surface area contributed by atoms with Gasteiger partial charge in [-0.25, -0.2) is 0 Å². The molecule has 1 nitrogen and oxygen atoms in total. The van der Waals surface area contributed by atoms with Crippen molar-refractivity contribution in [2.45, 2.75) is 108 Å². The number of H-pyrrole nitrogens is 1. The molecule has 0 atom stereocenters. The summed E-state index contributed by atoms with van der Waals surface area (Å²) in [4.78, 5) is 3.20. The average Bonchev–Trinajstić information content (AvgIpc) is 3.39. The van der Waals surface area contributed by atoms with Crippen LogP contribution in [0.3, 0.4) is 0 Å². The van der Waals surface area contributed by atoms with Crippen molar-refractivity contribution < 1.29 is 0 Å². The Labute approximate surface area is 249 Å². The second-order valence-electron chi connectivity index (χ2n) is 16.1. The van der Waals surface area contributed by atoms with Crippen LogP contribution in [-0.4, -0.2) is 4.98 Å². The van der Waals surface area contributed by atoms with Crippen LogP contribution in [0.2, 0.25) is 0 Å². The lowest BCUT2D eigenvalue weighted by Gasteiger charge is -2.19. The summed E-state index contributed by atoms with van der Waals surface area (Å²) in [6, 6.07) is 24.1. The van der Waals surface area contributed by atoms with E-state index in [0.29, 0.717) is 10.8 Å². The zero-order valence-electron chi connectivity index (χ0n) is 27.8. The maximum atomic E-state index is 3.20. The number of aromatic amines is 1. The number of hydrogen-bond acceptors (Lipinski definition) is 1. The second kappa shape index (κ2) is 12.9. The maximum absolute atomic E-state index is 3.20. The van der Waals surface area contributed by atoms with Crippen LogP contribution in [0.25, 0.3) is 31.1 Å². The van der Waals surface area contributed by atoms with Gasteiger partial charge in [0.1, 0.15) is 0 Å². The van der Waals surface area contributed by atoms with E-state index in [9.17, 15) is 0 Å². The van der Waals surface area contributed by atoms with Crippen molar-refractivity contribution in [2.24, 2.45) is 10.8 Å². The fourth-order valence-electron chi connectivity index (χ4n) is 3.86. The zero-order valence-corrected chi connectivity index (χ0v) is 28.7. The van der Waals surface area contributed by atoms with Crippen LogP contribution in [0.1, 0.15) is 108 Å². The van der Waals surface area contributed by atoms with Crippen LogP contribution in [0.4, 0.5) is 0 Å². The maximum Gasteiger partial charge on any atom is 0.0454 e. The molecule has 0 fully saturated rings. The van der Waals surface area contributed by atoms with Crippen molar-refractivity contribution in [2.75, 3.05) is 0 Å². The van der Waals surface area contributed by atoms with E-state index in [1.165, 1.54) is 42.2 Å². The van der Waals surface area contributed by atoms with Gasteiger partial charge in [-0.3, -0.25) is 0 Å².